The molecule has 0 radical (unpaired) electrons. The summed E-state index contributed by atoms with van der Waals surface area (Å²) in [6, 6.07) is 47.6. The van der Waals surface area contributed by atoms with Crippen LogP contribution < -0.4 is 4.90 Å². The average molecular weight is 570 g/mol. The second kappa shape index (κ2) is 10.2. The predicted octanol–water partition coefficient (Wildman–Crippen LogP) is 12.3. The summed E-state index contributed by atoms with van der Waals surface area (Å²) in [5.74, 6) is 0.730. The van der Waals surface area contributed by atoms with E-state index in [0.717, 1.165) is 66.9 Å². The first-order valence-corrected chi connectivity index (χ1v) is 15.6. The van der Waals surface area contributed by atoms with Gasteiger partial charge in [0.15, 0.2) is 0 Å². The van der Waals surface area contributed by atoms with E-state index in [1.165, 1.54) is 42.4 Å². The maximum atomic E-state index is 6.30. The van der Waals surface area contributed by atoms with E-state index in [1.54, 1.807) is 0 Å². The molecule has 0 aliphatic heterocycles. The topological polar surface area (TPSA) is 29.5 Å². The number of fused-ring (bicyclic) bond motifs is 6. The summed E-state index contributed by atoms with van der Waals surface area (Å²) in [7, 11) is 0. The Morgan fingerprint density at radius 2 is 0.886 bits per heavy atom. The zero-order valence-corrected chi connectivity index (χ0v) is 24.4. The first kappa shape index (κ1) is 25.2. The highest BCUT2D eigenvalue weighted by atomic mass is 16.3. The Labute approximate surface area is 255 Å². The number of hydrogen-bond acceptors (Lipinski definition) is 3. The van der Waals surface area contributed by atoms with E-state index in [-0.39, 0.29) is 0 Å². The highest BCUT2D eigenvalue weighted by Crippen LogP contribution is 2.41. The van der Waals surface area contributed by atoms with Gasteiger partial charge in [-0.2, -0.15) is 0 Å². The molecule has 6 aromatic carbocycles. The molecule has 2 aromatic heterocycles. The van der Waals surface area contributed by atoms with E-state index >= 15 is 0 Å². The van der Waals surface area contributed by atoms with Crippen LogP contribution in [0.5, 0.6) is 0 Å². The molecule has 2 heterocycles. The minimum Gasteiger partial charge on any atom is -0.456 e. The van der Waals surface area contributed by atoms with Crippen LogP contribution in [0.25, 0.3) is 55.0 Å². The van der Waals surface area contributed by atoms with Gasteiger partial charge >= 0.3 is 0 Å². The van der Waals surface area contributed by atoms with Crippen molar-refractivity contribution in [2.24, 2.45) is 0 Å². The molecule has 1 aliphatic carbocycles. The zero-order valence-electron chi connectivity index (χ0n) is 24.4. The molecule has 0 bridgehead atoms. The fourth-order valence-corrected chi connectivity index (χ4v) is 7.16. The molecule has 9 rings (SSSR count). The van der Waals surface area contributed by atoms with Crippen LogP contribution in [0.4, 0.5) is 17.1 Å². The van der Waals surface area contributed by atoms with Crippen LogP contribution in [0.3, 0.4) is 0 Å². The Balaban J connectivity index is 1.14. The van der Waals surface area contributed by atoms with E-state index in [1.807, 2.05) is 24.3 Å². The number of anilines is 3. The molecule has 0 unspecified atom stereocenters. The molecule has 8 aromatic rings. The molecule has 0 N–H and O–H groups in total. The first-order chi connectivity index (χ1) is 21.8. The van der Waals surface area contributed by atoms with Gasteiger partial charge in [0.2, 0.25) is 0 Å². The number of nitrogens with zero attached hydrogens (tertiary/aromatic N) is 1. The molecular weight excluding hydrogens is 538 g/mol. The Hall–Kier alpha value is -5.28. The molecule has 0 atom stereocenters. The molecule has 3 nitrogen and oxygen atoms in total. The lowest BCUT2D eigenvalue weighted by Crippen LogP contribution is -2.09. The summed E-state index contributed by atoms with van der Waals surface area (Å²) in [5.41, 5.74) is 10.6. The second-order valence-electron chi connectivity index (χ2n) is 12.0. The van der Waals surface area contributed by atoms with Crippen molar-refractivity contribution in [2.45, 2.75) is 31.6 Å². The number of hydrogen-bond donors (Lipinski definition) is 0. The lowest BCUT2D eigenvalue weighted by atomic mass is 9.95. The van der Waals surface area contributed by atoms with E-state index in [4.69, 9.17) is 8.83 Å². The van der Waals surface area contributed by atoms with Crippen LogP contribution in [0, 0.1) is 0 Å². The van der Waals surface area contributed by atoms with Gasteiger partial charge in [0.1, 0.15) is 22.3 Å². The molecule has 0 spiro atoms. The maximum absolute atomic E-state index is 6.30. The minimum atomic E-state index is 0.730. The van der Waals surface area contributed by atoms with E-state index < -0.39 is 0 Å². The fourth-order valence-electron chi connectivity index (χ4n) is 7.16. The van der Waals surface area contributed by atoms with Crippen molar-refractivity contribution < 1.29 is 8.83 Å². The number of rotatable bonds is 5. The van der Waals surface area contributed by atoms with Crippen LogP contribution in [-0.4, -0.2) is 0 Å². The van der Waals surface area contributed by atoms with Crippen molar-refractivity contribution >= 4 is 60.9 Å². The van der Waals surface area contributed by atoms with Gasteiger partial charge in [0.25, 0.3) is 0 Å². The summed E-state index contributed by atoms with van der Waals surface area (Å²) in [6.07, 6.45) is 5.36. The van der Waals surface area contributed by atoms with Crippen molar-refractivity contribution in [3.05, 3.63) is 139 Å². The van der Waals surface area contributed by atoms with Crippen LogP contribution in [0.1, 0.15) is 37.2 Å². The summed E-state index contributed by atoms with van der Waals surface area (Å²) in [6.45, 7) is 0. The SMILES string of the molecule is c1ccc2c(c1)oc1cc(N(c3ccc(-c4ccc(C5CCCC5)cc4)cc3)c3ccc4c(c3)oc3ccccc34)ccc12. The highest BCUT2D eigenvalue weighted by Gasteiger charge is 2.19. The van der Waals surface area contributed by atoms with Crippen LogP contribution >= 0.6 is 0 Å². The van der Waals surface area contributed by atoms with E-state index in [0.29, 0.717) is 0 Å². The van der Waals surface area contributed by atoms with Gasteiger partial charge in [0, 0.05) is 50.7 Å². The Morgan fingerprint density at radius 1 is 0.432 bits per heavy atom. The molecule has 1 aliphatic rings. The summed E-state index contributed by atoms with van der Waals surface area (Å²) >= 11 is 0. The zero-order chi connectivity index (χ0) is 29.0. The van der Waals surface area contributed by atoms with E-state index in [2.05, 4.69) is 114 Å². The third kappa shape index (κ3) is 4.19. The lowest BCUT2D eigenvalue weighted by Gasteiger charge is -2.25. The molecule has 44 heavy (non-hydrogen) atoms. The van der Waals surface area contributed by atoms with Crippen molar-refractivity contribution in [3.8, 4) is 11.1 Å². The Morgan fingerprint density at radius 3 is 1.43 bits per heavy atom. The maximum Gasteiger partial charge on any atom is 0.137 e. The van der Waals surface area contributed by atoms with Crippen molar-refractivity contribution in [1.29, 1.82) is 0 Å². The van der Waals surface area contributed by atoms with Gasteiger partial charge in [-0.15, -0.1) is 0 Å². The first-order valence-electron chi connectivity index (χ1n) is 15.6. The van der Waals surface area contributed by atoms with Gasteiger partial charge in [-0.1, -0.05) is 85.6 Å². The third-order valence-electron chi connectivity index (χ3n) is 9.44. The number of benzene rings is 6. The monoisotopic (exact) mass is 569 g/mol. The van der Waals surface area contributed by atoms with Crippen LogP contribution in [0.2, 0.25) is 0 Å². The van der Waals surface area contributed by atoms with Gasteiger partial charge in [-0.3, -0.25) is 0 Å². The Kier molecular flexibility index (Phi) is 5.83. The van der Waals surface area contributed by atoms with Gasteiger partial charge in [-0.25, -0.2) is 0 Å². The summed E-state index contributed by atoms with van der Waals surface area (Å²) in [4.78, 5) is 2.28. The van der Waals surface area contributed by atoms with Gasteiger partial charge in [0.05, 0.1) is 0 Å². The van der Waals surface area contributed by atoms with Gasteiger partial charge in [-0.05, 0) is 84.0 Å². The minimum absolute atomic E-state index is 0.730. The van der Waals surface area contributed by atoms with E-state index in [9.17, 15) is 0 Å². The van der Waals surface area contributed by atoms with Crippen molar-refractivity contribution in [2.75, 3.05) is 4.90 Å². The standard InChI is InChI=1S/C41H31NO2/c1-2-8-27(7-1)28-13-15-29(16-14-28)30-17-19-31(20-18-30)42(32-21-23-36-34-9-3-5-11-38(34)43-40(36)25-32)33-22-24-37-35-10-4-6-12-39(35)44-41(37)26-33/h3-6,9-27H,1-2,7-8H2. The molecule has 1 saturated carbocycles. The largest absolute Gasteiger partial charge is 0.456 e. The fraction of sp³-hybridized carbons (Fsp3) is 0.122. The average Bonchev–Trinajstić information content (AvgIpc) is 3.83. The van der Waals surface area contributed by atoms with Crippen molar-refractivity contribution in [3.63, 3.8) is 0 Å². The smallest absolute Gasteiger partial charge is 0.137 e. The quantitative estimate of drug-likeness (QED) is 0.206. The Bertz CT molecular complexity index is 2170. The molecule has 1 fully saturated rings. The normalized spacial score (nSPS) is 13.9. The van der Waals surface area contributed by atoms with Gasteiger partial charge < -0.3 is 13.7 Å². The van der Waals surface area contributed by atoms with Crippen LogP contribution in [0.15, 0.2) is 142 Å². The summed E-state index contributed by atoms with van der Waals surface area (Å²) < 4.78 is 12.6. The highest BCUT2D eigenvalue weighted by molar-refractivity contribution is 6.07. The lowest BCUT2D eigenvalue weighted by molar-refractivity contribution is 0.669. The predicted molar refractivity (Wildman–Crippen MR) is 182 cm³/mol. The molecule has 0 amide bonds. The third-order valence-corrected chi connectivity index (χ3v) is 9.44. The molecular formula is C41H31NO2. The number of para-hydroxylation sites is 2. The number of furan rings is 2. The van der Waals surface area contributed by atoms with Crippen LogP contribution in [-0.2, 0) is 0 Å². The summed E-state index contributed by atoms with van der Waals surface area (Å²) in [5, 5.41) is 4.50. The van der Waals surface area contributed by atoms with Crippen molar-refractivity contribution in [1.82, 2.24) is 0 Å². The molecule has 3 heteroatoms. The molecule has 0 saturated heterocycles. The molecule has 212 valence electrons. The second-order valence-corrected chi connectivity index (χ2v) is 12.0.